The Bertz CT molecular complexity index is 296. The second kappa shape index (κ2) is 7.96. The van der Waals surface area contributed by atoms with Gasteiger partial charge in [-0.25, -0.2) is 9.97 Å². The van der Waals surface area contributed by atoms with Crippen LogP contribution in [0.2, 0.25) is 0 Å². The van der Waals surface area contributed by atoms with E-state index in [2.05, 4.69) is 22.6 Å². The van der Waals surface area contributed by atoms with Crippen LogP contribution in [0, 0.1) is 13.8 Å². The largest absolute Gasteiger partial charge is 0.228 e. The van der Waals surface area contributed by atoms with E-state index in [1.165, 1.54) is 25.7 Å². The summed E-state index contributed by atoms with van der Waals surface area (Å²) in [6, 6.07) is 2.01. The smallest absolute Gasteiger partial charge is 0.187 e. The van der Waals surface area contributed by atoms with Crippen molar-refractivity contribution in [1.82, 2.24) is 9.97 Å². The van der Waals surface area contributed by atoms with Crippen molar-refractivity contribution in [2.75, 3.05) is 11.5 Å². The van der Waals surface area contributed by atoms with Gasteiger partial charge in [-0.2, -0.15) is 12.6 Å². The zero-order chi connectivity index (χ0) is 11.8. The molecule has 0 atom stereocenters. The molecule has 0 amide bonds. The van der Waals surface area contributed by atoms with E-state index in [1.807, 2.05) is 19.9 Å². The van der Waals surface area contributed by atoms with Gasteiger partial charge in [0.15, 0.2) is 5.16 Å². The monoisotopic (exact) mass is 256 g/mol. The number of unbranched alkanes of at least 4 members (excludes halogenated alkanes) is 3. The zero-order valence-corrected chi connectivity index (χ0v) is 11.8. The summed E-state index contributed by atoms with van der Waals surface area (Å²) in [5.41, 5.74) is 2.12. The maximum Gasteiger partial charge on any atom is 0.187 e. The Morgan fingerprint density at radius 1 is 1.06 bits per heavy atom. The number of hydrogen-bond acceptors (Lipinski definition) is 4. The van der Waals surface area contributed by atoms with Crippen molar-refractivity contribution in [3.05, 3.63) is 17.5 Å². The summed E-state index contributed by atoms with van der Waals surface area (Å²) in [7, 11) is 0. The molecule has 0 N–H and O–H groups in total. The number of thioether (sulfide) groups is 1. The molecule has 2 nitrogen and oxygen atoms in total. The van der Waals surface area contributed by atoms with Crippen LogP contribution in [0.4, 0.5) is 0 Å². The van der Waals surface area contributed by atoms with Gasteiger partial charge in [-0.15, -0.1) is 0 Å². The third-order valence-electron chi connectivity index (χ3n) is 2.25. The van der Waals surface area contributed by atoms with Crippen molar-refractivity contribution in [3.8, 4) is 0 Å². The molecule has 90 valence electrons. The first-order valence-corrected chi connectivity index (χ1v) is 7.40. The minimum absolute atomic E-state index is 0.923. The zero-order valence-electron chi connectivity index (χ0n) is 10.1. The number of aryl methyl sites for hydroxylation is 2. The molecule has 1 heterocycles. The molecule has 1 rings (SSSR count). The normalized spacial score (nSPS) is 10.7. The molecular weight excluding hydrogens is 236 g/mol. The van der Waals surface area contributed by atoms with Crippen molar-refractivity contribution in [2.24, 2.45) is 0 Å². The van der Waals surface area contributed by atoms with Crippen molar-refractivity contribution in [3.63, 3.8) is 0 Å². The van der Waals surface area contributed by atoms with Gasteiger partial charge in [0.2, 0.25) is 0 Å². The average Bonchev–Trinajstić information content (AvgIpc) is 2.22. The van der Waals surface area contributed by atoms with Crippen LogP contribution in [-0.4, -0.2) is 21.5 Å². The van der Waals surface area contributed by atoms with Gasteiger partial charge in [-0.05, 0) is 38.5 Å². The Morgan fingerprint density at radius 2 is 1.69 bits per heavy atom. The highest BCUT2D eigenvalue weighted by molar-refractivity contribution is 7.99. The molecule has 0 aliphatic carbocycles. The Balaban J connectivity index is 2.21. The molecule has 0 bridgehead atoms. The number of hydrogen-bond donors (Lipinski definition) is 1. The molecule has 4 heteroatoms. The van der Waals surface area contributed by atoms with E-state index in [1.54, 1.807) is 11.8 Å². The highest BCUT2D eigenvalue weighted by Crippen LogP contribution is 2.16. The summed E-state index contributed by atoms with van der Waals surface area (Å²) < 4.78 is 0. The molecule has 16 heavy (non-hydrogen) atoms. The lowest BCUT2D eigenvalue weighted by molar-refractivity contribution is 0.711. The lowest BCUT2D eigenvalue weighted by Gasteiger charge is -2.02. The third kappa shape index (κ3) is 5.75. The first-order chi connectivity index (χ1) is 7.72. The lowest BCUT2D eigenvalue weighted by atomic mass is 10.2. The number of nitrogens with zero attached hydrogens (tertiary/aromatic N) is 2. The van der Waals surface area contributed by atoms with Gasteiger partial charge in [0.05, 0.1) is 0 Å². The van der Waals surface area contributed by atoms with E-state index in [9.17, 15) is 0 Å². The fourth-order valence-corrected chi connectivity index (χ4v) is 2.66. The SMILES string of the molecule is Cc1cc(C)nc(SCCCCCCS)n1. The molecule has 0 unspecified atom stereocenters. The van der Waals surface area contributed by atoms with E-state index < -0.39 is 0 Å². The number of rotatable bonds is 7. The van der Waals surface area contributed by atoms with Crippen molar-refractivity contribution in [1.29, 1.82) is 0 Å². The third-order valence-corrected chi connectivity index (χ3v) is 3.50. The van der Waals surface area contributed by atoms with Crippen LogP contribution >= 0.6 is 24.4 Å². The van der Waals surface area contributed by atoms with E-state index in [-0.39, 0.29) is 0 Å². The predicted octanol–water partition coefficient (Wildman–Crippen LogP) is 3.68. The Morgan fingerprint density at radius 3 is 2.31 bits per heavy atom. The van der Waals surface area contributed by atoms with E-state index in [4.69, 9.17) is 0 Å². The average molecular weight is 256 g/mol. The van der Waals surface area contributed by atoms with Gasteiger partial charge >= 0.3 is 0 Å². The van der Waals surface area contributed by atoms with E-state index in [0.29, 0.717) is 0 Å². The highest BCUT2D eigenvalue weighted by Gasteiger charge is 2.00. The van der Waals surface area contributed by atoms with Crippen LogP contribution in [0.25, 0.3) is 0 Å². The quantitative estimate of drug-likeness (QED) is 0.349. The first-order valence-electron chi connectivity index (χ1n) is 5.78. The van der Waals surface area contributed by atoms with Crippen LogP contribution in [-0.2, 0) is 0 Å². The highest BCUT2D eigenvalue weighted by atomic mass is 32.2. The first kappa shape index (κ1) is 13.8. The summed E-state index contributed by atoms with van der Waals surface area (Å²) in [5.74, 6) is 2.13. The van der Waals surface area contributed by atoms with Gasteiger partial charge in [-0.3, -0.25) is 0 Å². The molecule has 0 radical (unpaired) electrons. The van der Waals surface area contributed by atoms with Crippen molar-refractivity contribution >= 4 is 24.4 Å². The summed E-state index contributed by atoms with van der Waals surface area (Å²) in [4.78, 5) is 8.82. The van der Waals surface area contributed by atoms with Gasteiger partial charge in [0, 0.05) is 17.1 Å². The second-order valence-electron chi connectivity index (χ2n) is 3.92. The van der Waals surface area contributed by atoms with Gasteiger partial charge < -0.3 is 0 Å². The topological polar surface area (TPSA) is 25.8 Å². The molecule has 0 saturated carbocycles. The maximum atomic E-state index is 4.41. The van der Waals surface area contributed by atoms with Crippen molar-refractivity contribution in [2.45, 2.75) is 44.7 Å². The summed E-state index contributed by atoms with van der Waals surface area (Å²) in [6.07, 6.45) is 5.05. The molecule has 0 spiro atoms. The number of aromatic nitrogens is 2. The van der Waals surface area contributed by atoms with Gasteiger partial charge in [0.1, 0.15) is 0 Å². The fraction of sp³-hybridized carbons (Fsp3) is 0.667. The van der Waals surface area contributed by atoms with Crippen LogP contribution in [0.1, 0.15) is 37.1 Å². The molecule has 1 aromatic rings. The van der Waals surface area contributed by atoms with Gasteiger partial charge in [-0.1, -0.05) is 24.6 Å². The summed E-state index contributed by atoms with van der Waals surface area (Å²) >= 11 is 5.97. The Hall–Kier alpha value is -0.220. The second-order valence-corrected chi connectivity index (χ2v) is 5.43. The molecule has 0 aliphatic rings. The lowest BCUT2D eigenvalue weighted by Crippen LogP contribution is -1.93. The minimum atomic E-state index is 0.923. The van der Waals surface area contributed by atoms with Crippen LogP contribution in [0.3, 0.4) is 0 Å². The van der Waals surface area contributed by atoms with E-state index in [0.717, 1.165) is 28.0 Å². The molecule has 0 aliphatic heterocycles. The fourth-order valence-electron chi connectivity index (χ4n) is 1.49. The minimum Gasteiger partial charge on any atom is -0.228 e. The van der Waals surface area contributed by atoms with Crippen LogP contribution in [0.15, 0.2) is 11.2 Å². The Labute approximate surface area is 108 Å². The summed E-state index contributed by atoms with van der Waals surface area (Å²) in [5, 5.41) is 0.923. The van der Waals surface area contributed by atoms with Gasteiger partial charge in [0.25, 0.3) is 0 Å². The maximum absolute atomic E-state index is 4.41. The van der Waals surface area contributed by atoms with Crippen LogP contribution in [0.5, 0.6) is 0 Å². The van der Waals surface area contributed by atoms with E-state index >= 15 is 0 Å². The predicted molar refractivity (Wildman–Crippen MR) is 74.6 cm³/mol. The number of thiol groups is 1. The molecular formula is C12H20N2S2. The summed E-state index contributed by atoms with van der Waals surface area (Å²) in [6.45, 7) is 4.04. The van der Waals surface area contributed by atoms with Crippen molar-refractivity contribution < 1.29 is 0 Å². The standard InChI is InChI=1S/C12H20N2S2/c1-10-9-11(2)14-12(13-10)16-8-6-4-3-5-7-15/h9,15H,3-8H2,1-2H3. The molecule has 0 saturated heterocycles. The molecule has 0 aromatic carbocycles. The molecule has 1 aromatic heterocycles. The molecule has 0 fully saturated rings. The Kier molecular flexibility index (Phi) is 6.88. The van der Waals surface area contributed by atoms with Crippen LogP contribution < -0.4 is 0 Å².